The minimum atomic E-state index is -1.07. The number of carboxylic acids is 1. The van der Waals surface area contributed by atoms with Gasteiger partial charge in [-0.3, -0.25) is 9.59 Å². The molecule has 0 bridgehead atoms. The lowest BCUT2D eigenvalue weighted by molar-refractivity contribution is -0.138. The van der Waals surface area contributed by atoms with E-state index in [9.17, 15) is 14.4 Å². The summed E-state index contributed by atoms with van der Waals surface area (Å²) in [6.45, 7) is 1.92. The number of methoxy groups -OCH3 is 1. The second kappa shape index (κ2) is 9.90. The molecule has 1 atom stereocenters. The molecule has 1 unspecified atom stereocenters. The second-order valence-corrected chi connectivity index (χ2v) is 7.70. The summed E-state index contributed by atoms with van der Waals surface area (Å²) in [5.41, 5.74) is 2.01. The molecule has 0 aliphatic carbocycles. The topological polar surface area (TPSA) is 127 Å². The summed E-state index contributed by atoms with van der Waals surface area (Å²) in [4.78, 5) is 34.9. The Morgan fingerprint density at radius 2 is 1.94 bits per heavy atom. The number of aryl methyl sites for hydroxylation is 1. The Morgan fingerprint density at radius 1 is 1.19 bits per heavy atom. The number of amides is 1. The van der Waals surface area contributed by atoms with E-state index in [1.165, 1.54) is 13.3 Å². The number of nitrogens with one attached hydrogen (secondary N) is 1. The van der Waals surface area contributed by atoms with Gasteiger partial charge in [0.25, 0.3) is 0 Å². The number of hydrogen-bond acceptors (Lipinski definition) is 8. The summed E-state index contributed by atoms with van der Waals surface area (Å²) >= 11 is 1.00. The average Bonchev–Trinajstić information content (AvgIpc) is 3.07. The molecule has 2 aromatic rings. The highest BCUT2D eigenvalue weighted by Gasteiger charge is 2.32. The molecule has 0 radical (unpaired) electrons. The van der Waals surface area contributed by atoms with E-state index in [-0.39, 0.29) is 17.3 Å². The highest BCUT2D eigenvalue weighted by Crippen LogP contribution is 2.28. The van der Waals surface area contributed by atoms with Crippen LogP contribution in [0.4, 0.5) is 0 Å². The maximum Gasteiger partial charge on any atom is 0.343 e. The number of thioether (sulfide) groups is 1. The van der Waals surface area contributed by atoms with Gasteiger partial charge in [0.2, 0.25) is 5.91 Å². The van der Waals surface area contributed by atoms with Crippen molar-refractivity contribution in [2.24, 2.45) is 10.2 Å². The van der Waals surface area contributed by atoms with Crippen LogP contribution in [0.2, 0.25) is 0 Å². The Kier molecular flexibility index (Phi) is 7.03. The number of rotatable bonds is 7. The van der Waals surface area contributed by atoms with Gasteiger partial charge in [-0.05, 0) is 42.8 Å². The van der Waals surface area contributed by atoms with Gasteiger partial charge in [0.05, 0.1) is 25.3 Å². The van der Waals surface area contributed by atoms with Gasteiger partial charge in [-0.1, -0.05) is 29.5 Å². The van der Waals surface area contributed by atoms with Crippen LogP contribution < -0.4 is 14.8 Å². The molecule has 1 aliphatic heterocycles. The van der Waals surface area contributed by atoms with Crippen molar-refractivity contribution >= 4 is 41.0 Å². The smallest absolute Gasteiger partial charge is 0.343 e. The molecule has 2 N–H and O–H groups in total. The molecule has 3 rings (SSSR count). The summed E-state index contributed by atoms with van der Waals surface area (Å²) in [6.07, 6.45) is 1.11. The maximum absolute atomic E-state index is 12.4. The molecule has 31 heavy (non-hydrogen) atoms. The molecule has 9 nitrogen and oxygen atoms in total. The molecular weight excluding hydrogens is 422 g/mol. The number of carbonyl (C=O) groups is 3. The largest absolute Gasteiger partial charge is 0.493 e. The SMILES string of the molecule is COc1ccc(C=NN=C2NC(=O)C(CC(=O)O)S2)cc1OC(=O)c1ccc(C)cc1. The summed E-state index contributed by atoms with van der Waals surface area (Å²) in [7, 11) is 1.46. The first-order valence-corrected chi connectivity index (χ1v) is 10.0. The van der Waals surface area contributed by atoms with Crippen LogP contribution in [-0.2, 0) is 9.59 Å². The van der Waals surface area contributed by atoms with Crippen LogP contribution in [0.5, 0.6) is 11.5 Å². The van der Waals surface area contributed by atoms with Gasteiger partial charge in [-0.2, -0.15) is 5.10 Å². The average molecular weight is 441 g/mol. The van der Waals surface area contributed by atoms with Gasteiger partial charge in [0.1, 0.15) is 5.25 Å². The summed E-state index contributed by atoms with van der Waals surface area (Å²) in [5, 5.41) is 18.6. The van der Waals surface area contributed by atoms with Crippen LogP contribution in [-0.4, -0.2) is 46.7 Å². The molecule has 1 amide bonds. The third-order valence-corrected chi connectivity index (χ3v) is 5.24. The summed E-state index contributed by atoms with van der Waals surface area (Å²) in [6, 6.07) is 11.9. The Bertz CT molecular complexity index is 1070. The molecule has 10 heteroatoms. The van der Waals surface area contributed by atoms with E-state index in [0.29, 0.717) is 16.9 Å². The normalized spacial score (nSPS) is 17.0. The predicted octanol–water partition coefficient (Wildman–Crippen LogP) is 2.62. The maximum atomic E-state index is 12.4. The first-order chi connectivity index (χ1) is 14.9. The van der Waals surface area contributed by atoms with E-state index < -0.39 is 23.1 Å². The van der Waals surface area contributed by atoms with Crippen molar-refractivity contribution in [1.82, 2.24) is 5.32 Å². The fraction of sp³-hybridized carbons (Fsp3) is 0.190. The van der Waals surface area contributed by atoms with Crippen LogP contribution in [0, 0.1) is 6.92 Å². The highest BCUT2D eigenvalue weighted by atomic mass is 32.2. The van der Waals surface area contributed by atoms with Crippen LogP contribution in [0.3, 0.4) is 0 Å². The van der Waals surface area contributed by atoms with E-state index in [4.69, 9.17) is 14.6 Å². The Hall–Kier alpha value is -3.66. The zero-order chi connectivity index (χ0) is 22.4. The molecule has 1 fully saturated rings. The van der Waals surface area contributed by atoms with Crippen molar-refractivity contribution in [2.45, 2.75) is 18.6 Å². The first kappa shape index (κ1) is 22.0. The van der Waals surface area contributed by atoms with Gasteiger partial charge < -0.3 is 19.9 Å². The fourth-order valence-corrected chi connectivity index (χ4v) is 3.51. The third-order valence-electron chi connectivity index (χ3n) is 4.17. The number of benzene rings is 2. The quantitative estimate of drug-likeness (QED) is 0.293. The molecular formula is C21H19N3O6S. The van der Waals surface area contributed by atoms with Crippen molar-refractivity contribution in [3.63, 3.8) is 0 Å². The highest BCUT2D eigenvalue weighted by molar-refractivity contribution is 8.15. The number of carbonyl (C=O) groups excluding carboxylic acids is 2. The zero-order valence-electron chi connectivity index (χ0n) is 16.7. The van der Waals surface area contributed by atoms with E-state index in [0.717, 1.165) is 17.3 Å². The Morgan fingerprint density at radius 3 is 2.61 bits per heavy atom. The van der Waals surface area contributed by atoms with Crippen molar-refractivity contribution in [2.75, 3.05) is 7.11 Å². The molecule has 1 aliphatic rings. The lowest BCUT2D eigenvalue weighted by Crippen LogP contribution is -2.26. The molecule has 160 valence electrons. The van der Waals surface area contributed by atoms with E-state index >= 15 is 0 Å². The van der Waals surface area contributed by atoms with E-state index in [1.54, 1.807) is 30.3 Å². The van der Waals surface area contributed by atoms with E-state index in [2.05, 4.69) is 15.5 Å². The van der Waals surface area contributed by atoms with Gasteiger partial charge in [0.15, 0.2) is 16.7 Å². The van der Waals surface area contributed by atoms with Crippen LogP contribution in [0.1, 0.15) is 27.9 Å². The van der Waals surface area contributed by atoms with Crippen molar-refractivity contribution in [1.29, 1.82) is 0 Å². The monoisotopic (exact) mass is 441 g/mol. The number of nitrogens with zero attached hydrogens (tertiary/aromatic N) is 2. The third kappa shape index (κ3) is 5.92. The molecule has 0 saturated carbocycles. The molecule has 1 saturated heterocycles. The fourth-order valence-electron chi connectivity index (χ4n) is 2.59. The van der Waals surface area contributed by atoms with Crippen molar-refractivity contribution in [3.8, 4) is 11.5 Å². The summed E-state index contributed by atoms with van der Waals surface area (Å²) < 4.78 is 10.7. The number of ether oxygens (including phenoxy) is 2. The first-order valence-electron chi connectivity index (χ1n) is 9.13. The van der Waals surface area contributed by atoms with Gasteiger partial charge in [-0.15, -0.1) is 5.10 Å². The number of aliphatic carboxylic acids is 1. The number of esters is 1. The lowest BCUT2D eigenvalue weighted by Gasteiger charge is -2.10. The zero-order valence-corrected chi connectivity index (χ0v) is 17.5. The summed E-state index contributed by atoms with van der Waals surface area (Å²) in [5.74, 6) is -1.42. The van der Waals surface area contributed by atoms with Crippen LogP contribution in [0.15, 0.2) is 52.7 Å². The molecule has 1 heterocycles. The van der Waals surface area contributed by atoms with E-state index in [1.807, 2.05) is 19.1 Å². The predicted molar refractivity (Wildman–Crippen MR) is 116 cm³/mol. The standard InChI is InChI=1S/C21H19N3O6S/c1-12-3-6-14(7-4-12)20(28)30-16-9-13(5-8-15(16)29-2)11-22-24-21-23-19(27)17(31-21)10-18(25)26/h3-9,11,17H,10H2,1-2H3,(H,25,26)(H,23,24,27). The minimum absolute atomic E-state index is 0.215. The molecule has 0 spiro atoms. The van der Waals surface area contributed by atoms with Crippen LogP contribution >= 0.6 is 11.8 Å². The van der Waals surface area contributed by atoms with Gasteiger partial charge >= 0.3 is 11.9 Å². The number of hydrogen-bond donors (Lipinski definition) is 2. The molecule has 0 aromatic heterocycles. The molecule has 2 aromatic carbocycles. The van der Waals surface area contributed by atoms with Gasteiger partial charge in [-0.25, -0.2) is 4.79 Å². The number of carboxylic acid groups (broad SMARTS) is 1. The van der Waals surface area contributed by atoms with Gasteiger partial charge in [0, 0.05) is 0 Å². The Labute approximate surface area is 182 Å². The number of amidine groups is 1. The minimum Gasteiger partial charge on any atom is -0.493 e. The van der Waals surface area contributed by atoms with Crippen molar-refractivity contribution < 1.29 is 29.0 Å². The lowest BCUT2D eigenvalue weighted by atomic mass is 10.1. The Balaban J connectivity index is 1.71. The second-order valence-electron chi connectivity index (χ2n) is 6.51. The van der Waals surface area contributed by atoms with Crippen molar-refractivity contribution in [3.05, 3.63) is 59.2 Å². The van der Waals surface area contributed by atoms with Crippen LogP contribution in [0.25, 0.3) is 0 Å².